The van der Waals surface area contributed by atoms with Crippen LogP contribution in [0, 0.1) is 16.2 Å². The average molecular weight is 268 g/mol. The molecule has 1 aliphatic rings. The Bertz CT molecular complexity index is 489. The molecule has 0 radical (unpaired) electrons. The van der Waals surface area contributed by atoms with Gasteiger partial charge in [0.25, 0.3) is 0 Å². The molecular formula is C20H28. The third-order valence-electron chi connectivity index (χ3n) is 4.91. The first-order chi connectivity index (χ1) is 9.20. The molecule has 0 saturated carbocycles. The van der Waals surface area contributed by atoms with E-state index in [1.807, 2.05) is 0 Å². The van der Waals surface area contributed by atoms with Gasteiger partial charge in [0.1, 0.15) is 0 Å². The van der Waals surface area contributed by atoms with Crippen LogP contribution in [0.15, 0.2) is 54.6 Å². The van der Waals surface area contributed by atoms with Gasteiger partial charge >= 0.3 is 0 Å². The SMILES string of the molecule is CC(C)(C)C1(C(C)(C)C)C=CC=CC1c1ccccc1. The summed E-state index contributed by atoms with van der Waals surface area (Å²) in [4.78, 5) is 0. The first-order valence-corrected chi connectivity index (χ1v) is 7.61. The van der Waals surface area contributed by atoms with E-state index >= 15 is 0 Å². The van der Waals surface area contributed by atoms with Gasteiger partial charge in [-0.3, -0.25) is 0 Å². The van der Waals surface area contributed by atoms with Crippen molar-refractivity contribution >= 4 is 0 Å². The lowest BCUT2D eigenvalue weighted by Gasteiger charge is -2.57. The Morgan fingerprint density at radius 1 is 0.800 bits per heavy atom. The topological polar surface area (TPSA) is 0 Å². The molecule has 0 amide bonds. The number of rotatable bonds is 1. The summed E-state index contributed by atoms with van der Waals surface area (Å²) in [5, 5.41) is 0. The summed E-state index contributed by atoms with van der Waals surface area (Å²) < 4.78 is 0. The molecule has 0 fully saturated rings. The van der Waals surface area contributed by atoms with Crippen LogP contribution in [0.3, 0.4) is 0 Å². The van der Waals surface area contributed by atoms with Gasteiger partial charge in [-0.25, -0.2) is 0 Å². The molecule has 1 aliphatic carbocycles. The molecule has 0 saturated heterocycles. The fourth-order valence-corrected chi connectivity index (χ4v) is 4.23. The predicted molar refractivity (Wildman–Crippen MR) is 88.8 cm³/mol. The zero-order chi connectivity index (χ0) is 15.0. The molecular weight excluding hydrogens is 240 g/mol. The molecule has 0 bridgehead atoms. The average Bonchev–Trinajstić information content (AvgIpc) is 2.37. The minimum atomic E-state index is 0.107. The fourth-order valence-electron chi connectivity index (χ4n) is 4.23. The minimum Gasteiger partial charge on any atom is -0.0763 e. The molecule has 108 valence electrons. The van der Waals surface area contributed by atoms with Crippen molar-refractivity contribution in [2.75, 3.05) is 0 Å². The lowest BCUT2D eigenvalue weighted by molar-refractivity contribution is 0.00191. The molecule has 0 heterocycles. The van der Waals surface area contributed by atoms with Crippen molar-refractivity contribution < 1.29 is 0 Å². The quantitative estimate of drug-likeness (QED) is 0.588. The normalized spacial score (nSPS) is 22.0. The number of hydrogen-bond donors (Lipinski definition) is 0. The Morgan fingerprint density at radius 2 is 1.35 bits per heavy atom. The van der Waals surface area contributed by atoms with Gasteiger partial charge in [-0.15, -0.1) is 0 Å². The van der Waals surface area contributed by atoms with Crippen molar-refractivity contribution in [3.63, 3.8) is 0 Å². The van der Waals surface area contributed by atoms with Crippen molar-refractivity contribution in [1.29, 1.82) is 0 Å². The van der Waals surface area contributed by atoms with Crippen molar-refractivity contribution in [2.24, 2.45) is 16.2 Å². The minimum absolute atomic E-state index is 0.107. The van der Waals surface area contributed by atoms with Gasteiger partial charge in [0, 0.05) is 11.3 Å². The molecule has 0 N–H and O–H groups in total. The van der Waals surface area contributed by atoms with E-state index in [1.54, 1.807) is 0 Å². The second-order valence-corrected chi connectivity index (χ2v) is 8.00. The van der Waals surface area contributed by atoms with Crippen LogP contribution in [0.25, 0.3) is 0 Å². The van der Waals surface area contributed by atoms with Crippen molar-refractivity contribution in [3.8, 4) is 0 Å². The summed E-state index contributed by atoms with van der Waals surface area (Å²) in [6.07, 6.45) is 9.26. The Hall–Kier alpha value is -1.30. The highest BCUT2D eigenvalue weighted by Gasteiger charge is 2.53. The summed E-state index contributed by atoms with van der Waals surface area (Å²) in [6, 6.07) is 10.9. The third-order valence-corrected chi connectivity index (χ3v) is 4.91. The molecule has 1 atom stereocenters. The van der Waals surface area contributed by atoms with Gasteiger partial charge in [-0.05, 0) is 16.4 Å². The van der Waals surface area contributed by atoms with Gasteiger partial charge in [0.15, 0.2) is 0 Å². The molecule has 1 aromatic carbocycles. The summed E-state index contributed by atoms with van der Waals surface area (Å²) in [5.41, 5.74) is 1.90. The van der Waals surface area contributed by atoms with E-state index in [1.165, 1.54) is 5.56 Å². The second-order valence-electron chi connectivity index (χ2n) is 8.00. The van der Waals surface area contributed by atoms with Crippen molar-refractivity contribution in [3.05, 3.63) is 60.2 Å². The van der Waals surface area contributed by atoms with Crippen LogP contribution < -0.4 is 0 Å². The van der Waals surface area contributed by atoms with Crippen LogP contribution in [0.2, 0.25) is 0 Å². The monoisotopic (exact) mass is 268 g/mol. The van der Waals surface area contributed by atoms with Crippen LogP contribution in [0.4, 0.5) is 0 Å². The Morgan fingerprint density at radius 3 is 1.85 bits per heavy atom. The molecule has 20 heavy (non-hydrogen) atoms. The van der Waals surface area contributed by atoms with E-state index < -0.39 is 0 Å². The predicted octanol–water partition coefficient (Wildman–Crippen LogP) is 5.97. The second kappa shape index (κ2) is 4.91. The molecule has 0 aromatic heterocycles. The van der Waals surface area contributed by atoms with Crippen LogP contribution in [0.1, 0.15) is 53.0 Å². The lowest BCUT2D eigenvalue weighted by Crippen LogP contribution is -2.49. The molecule has 0 nitrogen and oxygen atoms in total. The third kappa shape index (κ3) is 2.26. The van der Waals surface area contributed by atoms with Gasteiger partial charge in [0.2, 0.25) is 0 Å². The van der Waals surface area contributed by atoms with Crippen LogP contribution in [0.5, 0.6) is 0 Å². The van der Waals surface area contributed by atoms with Crippen molar-refractivity contribution in [1.82, 2.24) is 0 Å². The maximum Gasteiger partial charge on any atom is 0.0122 e. The molecule has 0 aliphatic heterocycles. The smallest absolute Gasteiger partial charge is 0.0122 e. The zero-order valence-corrected chi connectivity index (χ0v) is 13.8. The summed E-state index contributed by atoms with van der Waals surface area (Å²) >= 11 is 0. The Balaban J connectivity index is 2.65. The number of benzene rings is 1. The summed E-state index contributed by atoms with van der Waals surface area (Å²) in [6.45, 7) is 14.2. The number of allylic oxidation sites excluding steroid dienone is 4. The number of hydrogen-bond acceptors (Lipinski definition) is 0. The first-order valence-electron chi connectivity index (χ1n) is 7.61. The van der Waals surface area contributed by atoms with E-state index in [0.717, 1.165) is 0 Å². The summed E-state index contributed by atoms with van der Waals surface area (Å²) in [7, 11) is 0. The van der Waals surface area contributed by atoms with Gasteiger partial charge in [-0.2, -0.15) is 0 Å². The van der Waals surface area contributed by atoms with E-state index in [9.17, 15) is 0 Å². The maximum absolute atomic E-state index is 2.45. The maximum atomic E-state index is 2.45. The largest absolute Gasteiger partial charge is 0.0763 e. The zero-order valence-electron chi connectivity index (χ0n) is 13.8. The van der Waals surface area contributed by atoms with Gasteiger partial charge < -0.3 is 0 Å². The molecule has 0 spiro atoms. The van der Waals surface area contributed by atoms with Crippen LogP contribution in [-0.2, 0) is 0 Å². The lowest BCUT2D eigenvalue weighted by atomic mass is 9.47. The van der Waals surface area contributed by atoms with E-state index in [-0.39, 0.29) is 16.2 Å². The Kier molecular flexibility index (Phi) is 3.71. The molecule has 1 aromatic rings. The standard InChI is InChI=1S/C20H28/c1-18(2,3)20(19(4,5)6)15-11-10-14-17(20)16-12-8-7-9-13-16/h7-15,17H,1-6H3. The summed E-state index contributed by atoms with van der Waals surface area (Å²) in [5.74, 6) is 0.425. The molecule has 0 heteroatoms. The highest BCUT2D eigenvalue weighted by Crippen LogP contribution is 2.61. The fraction of sp³-hybridized carbons (Fsp3) is 0.500. The first kappa shape index (κ1) is 15.1. The van der Waals surface area contributed by atoms with Gasteiger partial charge in [0.05, 0.1) is 0 Å². The van der Waals surface area contributed by atoms with Crippen LogP contribution in [-0.4, -0.2) is 0 Å². The van der Waals surface area contributed by atoms with Crippen LogP contribution >= 0.6 is 0 Å². The van der Waals surface area contributed by atoms with E-state index in [2.05, 4.69) is 96.2 Å². The van der Waals surface area contributed by atoms with Crippen molar-refractivity contribution in [2.45, 2.75) is 47.5 Å². The molecule has 1 unspecified atom stereocenters. The van der Waals surface area contributed by atoms with E-state index in [0.29, 0.717) is 5.92 Å². The molecule has 2 rings (SSSR count). The van der Waals surface area contributed by atoms with E-state index in [4.69, 9.17) is 0 Å². The Labute approximate surface area is 124 Å². The van der Waals surface area contributed by atoms with Gasteiger partial charge in [-0.1, -0.05) is 96.2 Å². The highest BCUT2D eigenvalue weighted by atomic mass is 14.6. The highest BCUT2D eigenvalue weighted by molar-refractivity contribution is 5.37.